The summed E-state index contributed by atoms with van der Waals surface area (Å²) in [6.07, 6.45) is 1.33. The molecule has 0 N–H and O–H groups in total. The van der Waals surface area contributed by atoms with E-state index in [-0.39, 0.29) is 5.91 Å². The summed E-state index contributed by atoms with van der Waals surface area (Å²) in [6, 6.07) is 7.65. The quantitative estimate of drug-likeness (QED) is 0.765. The van der Waals surface area contributed by atoms with E-state index in [1.807, 2.05) is 29.2 Å². The minimum Gasteiger partial charge on any atom is -0.338 e. The van der Waals surface area contributed by atoms with E-state index in [0.717, 1.165) is 35.0 Å². The topological polar surface area (TPSA) is 20.3 Å². The van der Waals surface area contributed by atoms with Crippen molar-refractivity contribution in [3.63, 3.8) is 0 Å². The number of rotatable bonds is 1. The van der Waals surface area contributed by atoms with Gasteiger partial charge >= 0.3 is 0 Å². The second-order valence-electron chi connectivity index (χ2n) is 4.45. The minimum atomic E-state index is 0.176. The lowest BCUT2D eigenvalue weighted by atomic mass is 10.2. The average Bonchev–Trinajstić information content (AvgIpc) is 2.86. The number of benzene rings is 1. The molecular formula is C12H12BrNO. The van der Waals surface area contributed by atoms with Crippen LogP contribution in [0.1, 0.15) is 16.8 Å². The molecular weight excluding hydrogens is 254 g/mol. The van der Waals surface area contributed by atoms with Crippen LogP contribution in [0, 0.1) is 11.8 Å². The lowest BCUT2D eigenvalue weighted by Gasteiger charge is -2.18. The van der Waals surface area contributed by atoms with Gasteiger partial charge in [0, 0.05) is 17.6 Å². The predicted octanol–water partition coefficient (Wildman–Crippen LogP) is 2.54. The van der Waals surface area contributed by atoms with Crippen molar-refractivity contribution in [1.82, 2.24) is 4.90 Å². The monoisotopic (exact) mass is 265 g/mol. The molecule has 1 aliphatic carbocycles. The largest absolute Gasteiger partial charge is 0.338 e. The van der Waals surface area contributed by atoms with E-state index in [0.29, 0.717) is 0 Å². The summed E-state index contributed by atoms with van der Waals surface area (Å²) in [5.74, 6) is 1.78. The molecule has 0 radical (unpaired) electrons. The molecule has 1 aromatic carbocycles. The first-order chi connectivity index (χ1) is 7.25. The highest BCUT2D eigenvalue weighted by atomic mass is 79.9. The van der Waals surface area contributed by atoms with Gasteiger partial charge in [-0.15, -0.1) is 0 Å². The van der Waals surface area contributed by atoms with Gasteiger partial charge in [-0.3, -0.25) is 4.79 Å². The number of likely N-dealkylation sites (tertiary alicyclic amines) is 1. The molecule has 78 valence electrons. The molecule has 0 spiro atoms. The summed E-state index contributed by atoms with van der Waals surface area (Å²) < 4.78 is 0.899. The van der Waals surface area contributed by atoms with E-state index in [1.165, 1.54) is 6.42 Å². The highest BCUT2D eigenvalue weighted by molar-refractivity contribution is 9.10. The molecule has 2 fully saturated rings. The minimum absolute atomic E-state index is 0.176. The SMILES string of the molecule is O=C(c1ccccc1Br)N1CC2CC2C1. The molecule has 2 aliphatic rings. The van der Waals surface area contributed by atoms with E-state index in [9.17, 15) is 4.79 Å². The maximum atomic E-state index is 12.1. The number of hydrogen-bond acceptors (Lipinski definition) is 1. The fourth-order valence-electron chi connectivity index (χ4n) is 2.37. The Morgan fingerprint density at radius 1 is 1.27 bits per heavy atom. The van der Waals surface area contributed by atoms with Crippen LogP contribution in [0.15, 0.2) is 28.7 Å². The summed E-state index contributed by atoms with van der Waals surface area (Å²) in [7, 11) is 0. The number of halogens is 1. The van der Waals surface area contributed by atoms with Gasteiger partial charge in [0.2, 0.25) is 0 Å². The Kier molecular flexibility index (Phi) is 2.09. The molecule has 0 bridgehead atoms. The van der Waals surface area contributed by atoms with Crippen LogP contribution in [0.25, 0.3) is 0 Å². The zero-order valence-corrected chi connectivity index (χ0v) is 9.90. The van der Waals surface area contributed by atoms with Crippen LogP contribution in [0.4, 0.5) is 0 Å². The highest BCUT2D eigenvalue weighted by Crippen LogP contribution is 2.45. The van der Waals surface area contributed by atoms with Crippen molar-refractivity contribution < 1.29 is 4.79 Å². The standard InChI is InChI=1S/C12H12BrNO/c13-11-4-2-1-3-10(11)12(15)14-6-8-5-9(8)7-14/h1-4,8-9H,5-7H2. The second-order valence-corrected chi connectivity index (χ2v) is 5.30. The molecule has 0 aromatic heterocycles. The molecule has 2 unspecified atom stereocenters. The third-order valence-electron chi connectivity index (χ3n) is 3.37. The summed E-state index contributed by atoms with van der Waals surface area (Å²) in [6.45, 7) is 1.93. The Labute approximate surface area is 97.4 Å². The maximum absolute atomic E-state index is 12.1. The molecule has 1 saturated carbocycles. The molecule has 1 heterocycles. The van der Waals surface area contributed by atoms with E-state index >= 15 is 0 Å². The van der Waals surface area contributed by atoms with Crippen molar-refractivity contribution in [3.8, 4) is 0 Å². The molecule has 15 heavy (non-hydrogen) atoms. The fourth-order valence-corrected chi connectivity index (χ4v) is 2.82. The van der Waals surface area contributed by atoms with Crippen molar-refractivity contribution in [2.75, 3.05) is 13.1 Å². The first kappa shape index (κ1) is 9.40. The lowest BCUT2D eigenvalue weighted by molar-refractivity contribution is 0.0774. The Morgan fingerprint density at radius 3 is 2.60 bits per heavy atom. The summed E-state index contributed by atoms with van der Waals surface area (Å²) in [5, 5.41) is 0. The van der Waals surface area contributed by atoms with Gasteiger partial charge in [0.05, 0.1) is 5.56 Å². The number of piperidine rings is 1. The molecule has 1 aromatic rings. The molecule has 3 heteroatoms. The van der Waals surface area contributed by atoms with Gasteiger partial charge in [0.25, 0.3) is 5.91 Å². The smallest absolute Gasteiger partial charge is 0.255 e. The number of amides is 1. The Morgan fingerprint density at radius 2 is 1.93 bits per heavy atom. The zero-order chi connectivity index (χ0) is 10.4. The van der Waals surface area contributed by atoms with Crippen LogP contribution in [0.2, 0.25) is 0 Å². The number of carbonyl (C=O) groups excluding carboxylic acids is 1. The fraction of sp³-hybridized carbons (Fsp3) is 0.417. The van der Waals surface area contributed by atoms with Gasteiger partial charge < -0.3 is 4.90 Å². The molecule has 1 aliphatic heterocycles. The van der Waals surface area contributed by atoms with Crippen LogP contribution in [0.5, 0.6) is 0 Å². The van der Waals surface area contributed by atoms with E-state index in [4.69, 9.17) is 0 Å². The van der Waals surface area contributed by atoms with Crippen molar-refractivity contribution in [3.05, 3.63) is 34.3 Å². The molecule has 3 rings (SSSR count). The Bertz CT molecular complexity index is 408. The van der Waals surface area contributed by atoms with Crippen molar-refractivity contribution in [2.45, 2.75) is 6.42 Å². The van der Waals surface area contributed by atoms with Crippen LogP contribution >= 0.6 is 15.9 Å². The first-order valence-corrected chi connectivity index (χ1v) is 6.09. The van der Waals surface area contributed by atoms with E-state index < -0.39 is 0 Å². The van der Waals surface area contributed by atoms with Crippen LogP contribution in [-0.2, 0) is 0 Å². The van der Waals surface area contributed by atoms with Crippen LogP contribution in [0.3, 0.4) is 0 Å². The lowest BCUT2D eigenvalue weighted by Crippen LogP contribution is -2.30. The summed E-state index contributed by atoms with van der Waals surface area (Å²) in [5.41, 5.74) is 0.791. The number of hydrogen-bond donors (Lipinski definition) is 0. The van der Waals surface area contributed by atoms with Gasteiger partial charge in [-0.05, 0) is 46.3 Å². The highest BCUT2D eigenvalue weighted by Gasteiger charge is 2.46. The first-order valence-electron chi connectivity index (χ1n) is 5.29. The third kappa shape index (κ3) is 1.59. The van der Waals surface area contributed by atoms with Gasteiger partial charge in [-0.1, -0.05) is 12.1 Å². The average molecular weight is 266 g/mol. The van der Waals surface area contributed by atoms with Gasteiger partial charge in [0.1, 0.15) is 0 Å². The predicted molar refractivity (Wildman–Crippen MR) is 61.6 cm³/mol. The second kappa shape index (κ2) is 3.34. The van der Waals surface area contributed by atoms with Crippen molar-refractivity contribution in [1.29, 1.82) is 0 Å². The Balaban J connectivity index is 1.82. The molecule has 2 nitrogen and oxygen atoms in total. The van der Waals surface area contributed by atoms with Gasteiger partial charge in [-0.2, -0.15) is 0 Å². The van der Waals surface area contributed by atoms with Crippen molar-refractivity contribution >= 4 is 21.8 Å². The summed E-state index contributed by atoms with van der Waals surface area (Å²) >= 11 is 3.42. The van der Waals surface area contributed by atoms with Crippen LogP contribution < -0.4 is 0 Å². The Hall–Kier alpha value is -0.830. The molecule has 1 amide bonds. The molecule has 1 saturated heterocycles. The van der Waals surface area contributed by atoms with Gasteiger partial charge in [-0.25, -0.2) is 0 Å². The number of nitrogens with zero attached hydrogens (tertiary/aromatic N) is 1. The number of carbonyl (C=O) groups is 1. The maximum Gasteiger partial charge on any atom is 0.255 e. The summed E-state index contributed by atoms with van der Waals surface area (Å²) in [4.78, 5) is 14.1. The van der Waals surface area contributed by atoms with E-state index in [1.54, 1.807) is 0 Å². The van der Waals surface area contributed by atoms with Crippen molar-refractivity contribution in [2.24, 2.45) is 11.8 Å². The van der Waals surface area contributed by atoms with Crippen LogP contribution in [-0.4, -0.2) is 23.9 Å². The third-order valence-corrected chi connectivity index (χ3v) is 4.06. The molecule has 2 atom stereocenters. The van der Waals surface area contributed by atoms with Gasteiger partial charge in [0.15, 0.2) is 0 Å². The van der Waals surface area contributed by atoms with E-state index in [2.05, 4.69) is 15.9 Å². The normalized spacial score (nSPS) is 27.7. The zero-order valence-electron chi connectivity index (χ0n) is 8.32. The number of fused-ring (bicyclic) bond motifs is 1.